The second kappa shape index (κ2) is 9.95. The van der Waals surface area contributed by atoms with Crippen molar-refractivity contribution in [3.05, 3.63) is 46.7 Å². The predicted octanol–water partition coefficient (Wildman–Crippen LogP) is 5.35. The average molecular weight is 461 g/mol. The molecule has 6 N–H and O–H groups in total. The van der Waals surface area contributed by atoms with E-state index >= 15 is 0 Å². The Hall–Kier alpha value is -2.52. The molecule has 1 saturated carbocycles. The summed E-state index contributed by atoms with van der Waals surface area (Å²) in [5.74, 6) is 0.882. The lowest BCUT2D eigenvalue weighted by Crippen LogP contribution is -2.22. The monoisotopic (exact) mass is 460 g/mol. The molecule has 0 spiro atoms. The van der Waals surface area contributed by atoms with Crippen molar-refractivity contribution in [3.8, 4) is 0 Å². The highest BCUT2D eigenvalue weighted by molar-refractivity contribution is 7.97. The number of anilines is 2. The minimum absolute atomic E-state index is 0.00526. The molecule has 3 rings (SSSR count). The van der Waals surface area contributed by atoms with Gasteiger partial charge in [-0.2, -0.15) is 5.10 Å². The molecule has 0 amide bonds. The molecule has 9 heteroatoms. The molecule has 1 aliphatic carbocycles. The zero-order chi connectivity index (χ0) is 23.5. The molecule has 1 fully saturated rings. The number of rotatable bonds is 8. The molecule has 0 radical (unpaired) electrons. The first kappa shape index (κ1) is 24.1. The van der Waals surface area contributed by atoms with Crippen molar-refractivity contribution in [1.82, 2.24) is 14.9 Å². The van der Waals surface area contributed by atoms with Crippen LogP contribution in [0.25, 0.3) is 0 Å². The molecule has 32 heavy (non-hydrogen) atoms. The molecule has 7 nitrogen and oxygen atoms in total. The van der Waals surface area contributed by atoms with Crippen molar-refractivity contribution in [2.24, 2.45) is 11.1 Å². The van der Waals surface area contributed by atoms with Crippen LogP contribution in [0.2, 0.25) is 0 Å². The summed E-state index contributed by atoms with van der Waals surface area (Å²) in [5, 5.41) is 18.1. The normalized spacial score (nSPS) is 19.6. The minimum Gasteiger partial charge on any atom is -0.476 e. The van der Waals surface area contributed by atoms with Crippen molar-refractivity contribution in [1.29, 1.82) is 5.41 Å². The van der Waals surface area contributed by atoms with E-state index in [4.69, 9.17) is 15.9 Å². The number of nitrogens with two attached hydrogens (primary N) is 1. The maximum absolute atomic E-state index is 14.7. The van der Waals surface area contributed by atoms with Crippen LogP contribution in [0, 0.1) is 23.6 Å². The Morgan fingerprint density at radius 3 is 2.78 bits per heavy atom. The van der Waals surface area contributed by atoms with Crippen LogP contribution in [-0.4, -0.2) is 29.6 Å². The minimum atomic E-state index is -0.285. The fraction of sp³-hybridized carbons (Fsp3) is 0.478. The SMILES string of the molecule is CNSc1ccc(Nc2cc(C3CCC(O/C(N)=C(/C=N)C(C)(C)C)C3)[nH]n2)c(F)c1C. The second-order valence-corrected chi connectivity index (χ2v) is 10.2. The molecule has 174 valence electrons. The Bertz CT molecular complexity index is 997. The van der Waals surface area contributed by atoms with Crippen molar-refractivity contribution in [2.45, 2.75) is 63.9 Å². The van der Waals surface area contributed by atoms with Gasteiger partial charge in [0.25, 0.3) is 0 Å². The molecule has 0 saturated heterocycles. The van der Waals surface area contributed by atoms with E-state index < -0.39 is 0 Å². The predicted molar refractivity (Wildman–Crippen MR) is 129 cm³/mol. The largest absolute Gasteiger partial charge is 0.476 e. The molecule has 2 atom stereocenters. The molecule has 2 aromatic rings. The summed E-state index contributed by atoms with van der Waals surface area (Å²) in [7, 11) is 1.81. The van der Waals surface area contributed by atoms with E-state index in [0.29, 0.717) is 28.5 Å². The van der Waals surface area contributed by atoms with E-state index in [1.165, 1.54) is 18.2 Å². The van der Waals surface area contributed by atoms with E-state index in [1.807, 2.05) is 32.9 Å². The van der Waals surface area contributed by atoms with Crippen LogP contribution < -0.4 is 15.8 Å². The number of aromatic amines is 1. The number of hydrogen-bond acceptors (Lipinski definition) is 7. The average Bonchev–Trinajstić information content (AvgIpc) is 3.36. The molecule has 1 heterocycles. The third kappa shape index (κ3) is 5.45. The Balaban J connectivity index is 1.65. The van der Waals surface area contributed by atoms with Gasteiger partial charge in [0.05, 0.1) is 5.69 Å². The Labute approximate surface area is 193 Å². The summed E-state index contributed by atoms with van der Waals surface area (Å²) in [6.45, 7) is 7.80. The maximum Gasteiger partial charge on any atom is 0.189 e. The third-order valence-electron chi connectivity index (χ3n) is 5.74. The fourth-order valence-corrected chi connectivity index (χ4v) is 4.56. The van der Waals surface area contributed by atoms with E-state index in [9.17, 15) is 4.39 Å². The van der Waals surface area contributed by atoms with Gasteiger partial charge in [-0.1, -0.05) is 20.8 Å². The van der Waals surface area contributed by atoms with Gasteiger partial charge in [0, 0.05) is 39.9 Å². The quantitative estimate of drug-likeness (QED) is 0.206. The zero-order valence-corrected chi connectivity index (χ0v) is 20.1. The molecule has 1 aliphatic rings. The standard InChI is InChI=1S/C23H33FN6OS/c1-13-19(32-27-5)9-8-17(21(13)24)28-20-11-18(29-30-20)14-6-7-15(10-14)31-22(26)16(12-25)23(2,3)4/h8-9,11-12,14-15,25,27H,6-7,10,26H2,1-5H3,(H2,28,29,30)/b22-16-,25-12?. The van der Waals surface area contributed by atoms with Gasteiger partial charge in [-0.3, -0.25) is 9.82 Å². The first-order valence-corrected chi connectivity index (χ1v) is 11.6. The zero-order valence-electron chi connectivity index (χ0n) is 19.3. The van der Waals surface area contributed by atoms with Gasteiger partial charge in [0.2, 0.25) is 0 Å². The third-order valence-corrected chi connectivity index (χ3v) is 6.61. The van der Waals surface area contributed by atoms with Crippen molar-refractivity contribution in [2.75, 3.05) is 12.4 Å². The van der Waals surface area contributed by atoms with Gasteiger partial charge >= 0.3 is 0 Å². The maximum atomic E-state index is 14.7. The van der Waals surface area contributed by atoms with E-state index in [-0.39, 0.29) is 23.3 Å². The van der Waals surface area contributed by atoms with Crippen LogP contribution in [0.4, 0.5) is 15.9 Å². The number of allylic oxidation sites excluding steroid dienone is 1. The number of aromatic nitrogens is 2. The highest BCUT2D eigenvalue weighted by atomic mass is 32.2. The number of nitrogens with one attached hydrogen (secondary N) is 4. The molecular weight excluding hydrogens is 427 g/mol. The molecular formula is C23H33FN6OS. The van der Waals surface area contributed by atoms with E-state index in [0.717, 1.165) is 29.9 Å². The van der Waals surface area contributed by atoms with Gasteiger partial charge in [0.1, 0.15) is 6.10 Å². The van der Waals surface area contributed by atoms with Gasteiger partial charge in [0.15, 0.2) is 17.5 Å². The Kier molecular flexibility index (Phi) is 7.51. The van der Waals surface area contributed by atoms with Crippen molar-refractivity contribution < 1.29 is 9.13 Å². The van der Waals surface area contributed by atoms with Crippen molar-refractivity contribution >= 4 is 29.7 Å². The molecule has 1 aromatic carbocycles. The van der Waals surface area contributed by atoms with Gasteiger partial charge < -0.3 is 21.2 Å². The fourth-order valence-electron chi connectivity index (χ4n) is 3.96. The van der Waals surface area contributed by atoms with Crippen LogP contribution in [0.15, 0.2) is 34.6 Å². The summed E-state index contributed by atoms with van der Waals surface area (Å²) in [5.41, 5.74) is 8.59. The highest BCUT2D eigenvalue weighted by Crippen LogP contribution is 2.38. The molecule has 0 aliphatic heterocycles. The summed E-state index contributed by atoms with van der Waals surface area (Å²) < 4.78 is 23.7. The van der Waals surface area contributed by atoms with E-state index in [2.05, 4.69) is 20.2 Å². The second-order valence-electron chi connectivity index (χ2n) is 9.11. The van der Waals surface area contributed by atoms with Crippen LogP contribution in [-0.2, 0) is 4.74 Å². The number of halogens is 1. The highest BCUT2D eigenvalue weighted by Gasteiger charge is 2.30. The lowest BCUT2D eigenvalue weighted by molar-refractivity contribution is 0.114. The first-order valence-electron chi connectivity index (χ1n) is 10.8. The van der Waals surface area contributed by atoms with E-state index in [1.54, 1.807) is 20.0 Å². The van der Waals surface area contributed by atoms with Crippen LogP contribution in [0.5, 0.6) is 0 Å². The molecule has 0 bridgehead atoms. The summed E-state index contributed by atoms with van der Waals surface area (Å²) >= 11 is 1.38. The summed E-state index contributed by atoms with van der Waals surface area (Å²) in [6.07, 6.45) is 3.90. The van der Waals surface area contributed by atoms with Crippen LogP contribution in [0.1, 0.15) is 57.2 Å². The smallest absolute Gasteiger partial charge is 0.189 e. The summed E-state index contributed by atoms with van der Waals surface area (Å²) in [4.78, 5) is 0.848. The van der Waals surface area contributed by atoms with Gasteiger partial charge in [-0.15, -0.1) is 0 Å². The Morgan fingerprint density at radius 1 is 1.38 bits per heavy atom. The number of benzene rings is 1. The number of nitrogens with zero attached hydrogens (tertiary/aromatic N) is 1. The van der Waals surface area contributed by atoms with Crippen molar-refractivity contribution in [3.63, 3.8) is 0 Å². The number of H-pyrrole nitrogens is 1. The Morgan fingerprint density at radius 2 is 2.12 bits per heavy atom. The number of hydrogen-bond donors (Lipinski definition) is 5. The van der Waals surface area contributed by atoms with Gasteiger partial charge in [-0.25, -0.2) is 4.39 Å². The van der Waals surface area contributed by atoms with Crippen LogP contribution >= 0.6 is 11.9 Å². The molecule has 1 aromatic heterocycles. The lowest BCUT2D eigenvalue weighted by Gasteiger charge is -2.23. The summed E-state index contributed by atoms with van der Waals surface area (Å²) in [6, 6.07) is 5.53. The topological polar surface area (TPSA) is 112 Å². The lowest BCUT2D eigenvalue weighted by atomic mass is 9.87. The van der Waals surface area contributed by atoms with Gasteiger partial charge in [-0.05, 0) is 62.7 Å². The molecule has 2 unspecified atom stereocenters. The first-order chi connectivity index (χ1) is 15.1. The van der Waals surface area contributed by atoms with Crippen LogP contribution in [0.3, 0.4) is 0 Å². The number of ether oxygens (including phenoxy) is 1.